The zero-order valence-electron chi connectivity index (χ0n) is 16.6. The van der Waals surface area contributed by atoms with Crippen LogP contribution in [0.2, 0.25) is 0 Å². The number of carbonyl (C=O) groups excluding carboxylic acids is 1. The molecule has 0 spiro atoms. The van der Waals surface area contributed by atoms with Crippen LogP contribution in [0.15, 0.2) is 53.6 Å². The van der Waals surface area contributed by atoms with Gasteiger partial charge in [-0.05, 0) is 25.1 Å². The van der Waals surface area contributed by atoms with E-state index in [9.17, 15) is 4.79 Å². The van der Waals surface area contributed by atoms with Gasteiger partial charge >= 0.3 is 5.97 Å². The van der Waals surface area contributed by atoms with Crippen LogP contribution in [0.5, 0.6) is 5.75 Å². The highest BCUT2D eigenvalue weighted by atomic mass is 16.6. The van der Waals surface area contributed by atoms with Crippen LogP contribution in [-0.2, 0) is 16.6 Å². The first-order valence-electron chi connectivity index (χ1n) is 9.41. The molecule has 2 aromatic carbocycles. The minimum atomic E-state index is -0.426. The van der Waals surface area contributed by atoms with Gasteiger partial charge in [-0.25, -0.2) is 10.2 Å². The summed E-state index contributed by atoms with van der Waals surface area (Å²) < 4.78 is 12.4. The summed E-state index contributed by atoms with van der Waals surface area (Å²) in [4.78, 5) is 16.0. The predicted molar refractivity (Wildman–Crippen MR) is 114 cm³/mol. The number of carbonyl (C=O) groups is 1. The second-order valence-electron chi connectivity index (χ2n) is 6.39. The van der Waals surface area contributed by atoms with Crippen LogP contribution in [0.25, 0.3) is 22.1 Å². The van der Waals surface area contributed by atoms with Crippen molar-refractivity contribution >= 4 is 40.2 Å². The number of hydrogen-bond donors (Lipinski definition) is 1. The second-order valence-corrected chi connectivity index (χ2v) is 6.39. The number of rotatable bonds is 7. The summed E-state index contributed by atoms with van der Waals surface area (Å²) in [6.07, 6.45) is 1.57. The average Bonchev–Trinajstić information content (AvgIpc) is 3.05. The summed E-state index contributed by atoms with van der Waals surface area (Å²) in [6.45, 7) is 1.89. The molecule has 0 bridgehead atoms. The smallest absolute Gasteiger partial charge is 0.344 e. The Balaban J connectivity index is 1.51. The Labute approximate surface area is 172 Å². The highest BCUT2D eigenvalue weighted by molar-refractivity contribution is 6.04. The van der Waals surface area contributed by atoms with E-state index in [0.29, 0.717) is 23.6 Å². The zero-order valence-corrected chi connectivity index (χ0v) is 16.6. The van der Waals surface area contributed by atoms with Crippen LogP contribution >= 0.6 is 0 Å². The molecule has 9 heteroatoms. The Morgan fingerprint density at radius 1 is 1.17 bits per heavy atom. The van der Waals surface area contributed by atoms with E-state index in [-0.39, 0.29) is 12.6 Å². The molecule has 9 nitrogen and oxygen atoms in total. The van der Waals surface area contributed by atoms with Gasteiger partial charge in [-0.2, -0.15) is 10.1 Å². The average molecular weight is 404 g/mol. The molecule has 0 saturated heterocycles. The standard InChI is InChI=1S/C21H20N6O3/c1-3-29-18(28)13-30-17-11-7-4-8-14(17)12-22-25-21-23-20-19(24-26-21)15-9-5-6-10-16(15)27(20)2/h4-12H,3,13H2,1-2H3,(H,23,25,26)/b22-12+. The molecule has 4 aromatic rings. The van der Waals surface area contributed by atoms with Gasteiger partial charge in [0.25, 0.3) is 5.95 Å². The van der Waals surface area contributed by atoms with Gasteiger partial charge in [0.1, 0.15) is 11.3 Å². The molecule has 0 aliphatic heterocycles. The SMILES string of the molecule is CCOC(=O)COc1ccccc1/C=N/Nc1nnc2c3ccccc3n(C)c2n1. The third-order valence-corrected chi connectivity index (χ3v) is 4.44. The van der Waals surface area contributed by atoms with Crippen molar-refractivity contribution in [2.45, 2.75) is 6.92 Å². The van der Waals surface area contributed by atoms with Crippen molar-refractivity contribution in [2.75, 3.05) is 18.6 Å². The van der Waals surface area contributed by atoms with E-state index in [1.807, 2.05) is 54.1 Å². The first kappa shape index (κ1) is 19.3. The van der Waals surface area contributed by atoms with Gasteiger partial charge in [-0.1, -0.05) is 30.3 Å². The molecule has 0 atom stereocenters. The number of aryl methyl sites for hydroxylation is 1. The van der Waals surface area contributed by atoms with Gasteiger partial charge < -0.3 is 14.0 Å². The lowest BCUT2D eigenvalue weighted by Gasteiger charge is -2.08. The van der Waals surface area contributed by atoms with E-state index < -0.39 is 5.97 Å². The zero-order chi connectivity index (χ0) is 20.9. The molecule has 0 aliphatic carbocycles. The van der Waals surface area contributed by atoms with Gasteiger partial charge in [-0.15, -0.1) is 10.2 Å². The number of aromatic nitrogens is 4. The number of fused-ring (bicyclic) bond motifs is 3. The van der Waals surface area contributed by atoms with Crippen molar-refractivity contribution in [2.24, 2.45) is 12.1 Å². The third-order valence-electron chi connectivity index (χ3n) is 4.44. The number of nitrogens with zero attached hydrogens (tertiary/aromatic N) is 5. The maximum atomic E-state index is 11.5. The number of esters is 1. The molecule has 0 fully saturated rings. The Kier molecular flexibility index (Phi) is 5.51. The molecular formula is C21H20N6O3. The molecule has 0 aliphatic rings. The molecule has 0 radical (unpaired) electrons. The van der Waals surface area contributed by atoms with Crippen molar-refractivity contribution in [1.82, 2.24) is 19.7 Å². The minimum Gasteiger partial charge on any atom is -0.481 e. The normalized spacial score (nSPS) is 11.3. The molecule has 0 unspecified atom stereocenters. The highest BCUT2D eigenvalue weighted by Crippen LogP contribution is 2.24. The molecule has 2 heterocycles. The molecule has 2 aromatic heterocycles. The van der Waals surface area contributed by atoms with Crippen molar-refractivity contribution in [3.8, 4) is 5.75 Å². The highest BCUT2D eigenvalue weighted by Gasteiger charge is 2.12. The third kappa shape index (κ3) is 3.90. The fourth-order valence-electron chi connectivity index (χ4n) is 3.07. The summed E-state index contributed by atoms with van der Waals surface area (Å²) in [5.74, 6) is 0.360. The van der Waals surface area contributed by atoms with E-state index in [1.54, 1.807) is 19.2 Å². The van der Waals surface area contributed by atoms with Gasteiger partial charge in [0.05, 0.1) is 18.3 Å². The maximum absolute atomic E-state index is 11.5. The maximum Gasteiger partial charge on any atom is 0.344 e. The quantitative estimate of drug-likeness (QED) is 0.287. The fraction of sp³-hybridized carbons (Fsp3) is 0.190. The van der Waals surface area contributed by atoms with Gasteiger partial charge in [0.15, 0.2) is 12.3 Å². The van der Waals surface area contributed by atoms with Crippen LogP contribution in [-0.4, -0.2) is 45.1 Å². The lowest BCUT2D eigenvalue weighted by Crippen LogP contribution is -2.15. The molecule has 1 N–H and O–H groups in total. The summed E-state index contributed by atoms with van der Waals surface area (Å²) in [7, 11) is 1.93. The van der Waals surface area contributed by atoms with Crippen LogP contribution in [0.4, 0.5) is 5.95 Å². The van der Waals surface area contributed by atoms with E-state index in [1.165, 1.54) is 0 Å². The van der Waals surface area contributed by atoms with E-state index in [4.69, 9.17) is 9.47 Å². The van der Waals surface area contributed by atoms with E-state index in [0.717, 1.165) is 16.4 Å². The van der Waals surface area contributed by atoms with Gasteiger partial charge in [0, 0.05) is 18.0 Å². The van der Waals surface area contributed by atoms with Crippen molar-refractivity contribution in [3.63, 3.8) is 0 Å². The first-order valence-corrected chi connectivity index (χ1v) is 9.41. The molecular weight excluding hydrogens is 384 g/mol. The Morgan fingerprint density at radius 3 is 2.83 bits per heavy atom. The molecule has 30 heavy (non-hydrogen) atoms. The first-order chi connectivity index (χ1) is 14.7. The molecule has 4 rings (SSSR count). The molecule has 0 saturated carbocycles. The van der Waals surface area contributed by atoms with Crippen molar-refractivity contribution < 1.29 is 14.3 Å². The number of ether oxygens (including phenoxy) is 2. The molecule has 0 amide bonds. The predicted octanol–water partition coefficient (Wildman–Crippen LogP) is 2.90. The van der Waals surface area contributed by atoms with E-state index >= 15 is 0 Å². The summed E-state index contributed by atoms with van der Waals surface area (Å²) in [5.41, 5.74) is 5.96. The number of hydrogen-bond acceptors (Lipinski definition) is 8. The van der Waals surface area contributed by atoms with Crippen LogP contribution < -0.4 is 10.2 Å². The number of benzene rings is 2. The lowest BCUT2D eigenvalue weighted by molar-refractivity contribution is -0.145. The fourth-order valence-corrected chi connectivity index (χ4v) is 3.07. The monoisotopic (exact) mass is 404 g/mol. The number of hydrazone groups is 1. The van der Waals surface area contributed by atoms with Gasteiger partial charge in [0.2, 0.25) is 0 Å². The Morgan fingerprint density at radius 2 is 1.97 bits per heavy atom. The van der Waals surface area contributed by atoms with Gasteiger partial charge in [-0.3, -0.25) is 0 Å². The Hall–Kier alpha value is -4.01. The number of para-hydroxylation sites is 2. The van der Waals surface area contributed by atoms with Crippen LogP contribution in [0.1, 0.15) is 12.5 Å². The van der Waals surface area contributed by atoms with Crippen molar-refractivity contribution in [1.29, 1.82) is 0 Å². The topological polar surface area (TPSA) is 104 Å². The summed E-state index contributed by atoms with van der Waals surface area (Å²) >= 11 is 0. The second kappa shape index (κ2) is 8.56. The van der Waals surface area contributed by atoms with Crippen molar-refractivity contribution in [3.05, 3.63) is 54.1 Å². The number of nitrogens with one attached hydrogen (secondary N) is 1. The Bertz CT molecular complexity index is 1230. The summed E-state index contributed by atoms with van der Waals surface area (Å²) in [6, 6.07) is 15.2. The van der Waals surface area contributed by atoms with Crippen LogP contribution in [0, 0.1) is 0 Å². The number of anilines is 1. The molecule has 152 valence electrons. The van der Waals surface area contributed by atoms with Crippen LogP contribution in [0.3, 0.4) is 0 Å². The largest absolute Gasteiger partial charge is 0.481 e. The van der Waals surface area contributed by atoms with E-state index in [2.05, 4.69) is 25.7 Å². The summed E-state index contributed by atoms with van der Waals surface area (Å²) in [5, 5.41) is 13.6. The lowest BCUT2D eigenvalue weighted by atomic mass is 10.2. The minimum absolute atomic E-state index is 0.170.